The second-order valence-corrected chi connectivity index (χ2v) is 5.23. The van der Waals surface area contributed by atoms with Gasteiger partial charge in [0.1, 0.15) is 6.10 Å². The van der Waals surface area contributed by atoms with E-state index in [0.717, 1.165) is 6.42 Å². The number of hydrogen-bond acceptors (Lipinski definition) is 6. The Morgan fingerprint density at radius 2 is 1.75 bits per heavy atom. The maximum atomic E-state index is 9.38. The second-order valence-electron chi connectivity index (χ2n) is 4.21. The van der Waals surface area contributed by atoms with E-state index in [1.165, 1.54) is 0 Å². The highest BCUT2D eigenvalue weighted by Crippen LogP contribution is 2.73. The average molecular weight is 252 g/mol. The fraction of sp³-hybridized carbons (Fsp3) is 1.00. The smallest absolute Gasteiger partial charge is 0.338 e. The molecule has 0 aromatic heterocycles. The van der Waals surface area contributed by atoms with Gasteiger partial charge in [0.25, 0.3) is 0 Å². The Morgan fingerprint density at radius 1 is 1.19 bits per heavy atom. The molecule has 3 fully saturated rings. The van der Waals surface area contributed by atoms with Crippen LogP contribution in [-0.2, 0) is 13.6 Å². The van der Waals surface area contributed by atoms with Gasteiger partial charge in [-0.3, -0.25) is 9.05 Å². The van der Waals surface area contributed by atoms with E-state index < -0.39 is 39.6 Å². The van der Waals surface area contributed by atoms with E-state index >= 15 is 0 Å². The number of aliphatic hydroxyl groups is 3. The molecule has 3 aliphatic heterocycles. The first-order valence-electron chi connectivity index (χ1n) is 5.36. The van der Waals surface area contributed by atoms with Gasteiger partial charge in [-0.25, -0.2) is 0 Å². The van der Waals surface area contributed by atoms with Crippen molar-refractivity contribution in [2.75, 3.05) is 19.8 Å². The Balaban J connectivity index is 2.23. The lowest BCUT2D eigenvalue weighted by Gasteiger charge is -2.48. The van der Waals surface area contributed by atoms with Crippen molar-refractivity contribution >= 4 is 8.60 Å². The molecule has 16 heavy (non-hydrogen) atoms. The minimum Gasteiger partial charge on any atom is -0.395 e. The van der Waals surface area contributed by atoms with Gasteiger partial charge in [0, 0.05) is 0 Å². The van der Waals surface area contributed by atoms with E-state index in [1.807, 2.05) is 6.92 Å². The van der Waals surface area contributed by atoms with Crippen molar-refractivity contribution in [2.24, 2.45) is 5.41 Å². The lowest BCUT2D eigenvalue weighted by atomic mass is 9.77. The Morgan fingerprint density at radius 3 is 2.19 bits per heavy atom. The number of hydrogen-bond donors (Lipinski definition) is 3. The fourth-order valence-electron chi connectivity index (χ4n) is 2.08. The molecule has 0 aromatic rings. The predicted molar refractivity (Wildman–Crippen MR) is 55.3 cm³/mol. The topological polar surface area (TPSA) is 88.4 Å². The molecule has 7 heteroatoms. The van der Waals surface area contributed by atoms with Crippen molar-refractivity contribution in [1.29, 1.82) is 0 Å². The molecule has 94 valence electrons. The molecule has 0 amide bonds. The molecule has 3 rings (SSSR count). The van der Waals surface area contributed by atoms with E-state index in [2.05, 4.69) is 0 Å². The fourth-order valence-corrected chi connectivity index (χ4v) is 3.70. The predicted octanol–water partition coefficient (Wildman–Crippen LogP) is 0.119. The summed E-state index contributed by atoms with van der Waals surface area (Å²) in [7, 11) is -1.34. The summed E-state index contributed by atoms with van der Waals surface area (Å²) in [6.07, 6.45) is 1.26. The normalized spacial score (nSPS) is 37.5. The van der Waals surface area contributed by atoms with E-state index in [-0.39, 0.29) is 6.10 Å². The molecular formula is C9H17O6P. The molecule has 3 saturated heterocycles. The molecule has 1 atom stereocenters. The van der Waals surface area contributed by atoms with Crippen molar-refractivity contribution in [3.05, 3.63) is 0 Å². The van der Waals surface area contributed by atoms with Crippen molar-refractivity contribution in [2.45, 2.75) is 31.7 Å². The number of fused-ring (bicyclic) bond motifs is 1. The van der Waals surface area contributed by atoms with Crippen LogP contribution in [0.15, 0.2) is 0 Å². The number of rotatable bonds is 6. The molecule has 1 unspecified atom stereocenters. The van der Waals surface area contributed by atoms with Crippen molar-refractivity contribution in [1.82, 2.24) is 0 Å². The third-order valence-corrected chi connectivity index (χ3v) is 4.52. The quantitative estimate of drug-likeness (QED) is 0.582. The zero-order chi connectivity index (χ0) is 11.8. The second kappa shape index (κ2) is 4.46. The molecule has 0 saturated carbocycles. The van der Waals surface area contributed by atoms with Crippen LogP contribution in [0.2, 0.25) is 0 Å². The molecule has 0 spiro atoms. The van der Waals surface area contributed by atoms with Gasteiger partial charge in [-0.2, -0.15) is 0 Å². The van der Waals surface area contributed by atoms with E-state index in [0.29, 0.717) is 6.42 Å². The van der Waals surface area contributed by atoms with Gasteiger partial charge in [-0.1, -0.05) is 13.3 Å². The van der Waals surface area contributed by atoms with Crippen LogP contribution < -0.4 is 0 Å². The maximum absolute atomic E-state index is 9.38. The summed E-state index contributed by atoms with van der Waals surface area (Å²) in [6.45, 7) is 0.769. The summed E-state index contributed by atoms with van der Waals surface area (Å²) >= 11 is 0. The molecule has 3 aliphatic rings. The van der Waals surface area contributed by atoms with E-state index in [1.54, 1.807) is 0 Å². The Bertz CT molecular complexity index is 242. The molecule has 0 radical (unpaired) electrons. The van der Waals surface area contributed by atoms with Gasteiger partial charge in [-0.15, -0.1) is 0 Å². The Labute approximate surface area is 95.1 Å². The third-order valence-electron chi connectivity index (χ3n) is 3.26. The minimum absolute atomic E-state index is 0.324. The van der Waals surface area contributed by atoms with Crippen molar-refractivity contribution in [3.8, 4) is 0 Å². The van der Waals surface area contributed by atoms with Crippen LogP contribution in [0, 0.1) is 5.41 Å². The molecule has 0 aliphatic carbocycles. The molecule has 0 aromatic carbocycles. The van der Waals surface area contributed by atoms with Crippen LogP contribution in [0.5, 0.6) is 0 Å². The van der Waals surface area contributed by atoms with Crippen LogP contribution in [-0.4, -0.2) is 47.0 Å². The van der Waals surface area contributed by atoms with Gasteiger partial charge in [-0.05, 0) is 6.42 Å². The summed E-state index contributed by atoms with van der Waals surface area (Å²) in [6, 6.07) is 0. The zero-order valence-corrected chi connectivity index (χ0v) is 10.0. The molecule has 3 heterocycles. The van der Waals surface area contributed by atoms with Crippen LogP contribution in [0.3, 0.4) is 0 Å². The van der Waals surface area contributed by atoms with E-state index in [4.69, 9.17) is 13.6 Å². The first-order chi connectivity index (χ1) is 7.68. The monoisotopic (exact) mass is 252 g/mol. The van der Waals surface area contributed by atoms with Crippen molar-refractivity contribution < 1.29 is 28.9 Å². The van der Waals surface area contributed by atoms with Crippen LogP contribution in [0.25, 0.3) is 0 Å². The maximum Gasteiger partial charge on any atom is 0.338 e. The van der Waals surface area contributed by atoms with Gasteiger partial charge in [0.15, 0.2) is 0 Å². The van der Waals surface area contributed by atoms with Crippen LogP contribution in [0.1, 0.15) is 19.8 Å². The number of aliphatic hydroxyl groups excluding tert-OH is 3. The molecule has 3 N–H and O–H groups in total. The lowest BCUT2D eigenvalue weighted by molar-refractivity contribution is -0.279. The lowest BCUT2D eigenvalue weighted by Crippen LogP contribution is -2.63. The summed E-state index contributed by atoms with van der Waals surface area (Å²) in [5, 5.41) is 28.2. The molecule has 6 nitrogen and oxygen atoms in total. The highest BCUT2D eigenvalue weighted by atomic mass is 31.2. The summed E-state index contributed by atoms with van der Waals surface area (Å²) < 4.78 is 16.4. The third kappa shape index (κ3) is 1.46. The van der Waals surface area contributed by atoms with Crippen LogP contribution in [0.4, 0.5) is 0 Å². The largest absolute Gasteiger partial charge is 0.395 e. The SMILES string of the molecule is CCCC1OP2OC1(C(CO)(CO)CO)O2. The van der Waals surface area contributed by atoms with E-state index in [9.17, 15) is 15.3 Å². The average Bonchev–Trinajstić information content (AvgIpc) is 2.77. The molecular weight excluding hydrogens is 235 g/mol. The first kappa shape index (κ1) is 12.6. The van der Waals surface area contributed by atoms with Crippen LogP contribution >= 0.6 is 8.60 Å². The Kier molecular flexibility index (Phi) is 3.52. The summed E-state index contributed by atoms with van der Waals surface area (Å²) in [5.41, 5.74) is -1.21. The molecule has 2 bridgehead atoms. The van der Waals surface area contributed by atoms with Gasteiger partial charge in [0.2, 0.25) is 5.79 Å². The highest BCUT2D eigenvalue weighted by Gasteiger charge is 2.73. The van der Waals surface area contributed by atoms with Gasteiger partial charge in [0.05, 0.1) is 25.2 Å². The highest BCUT2D eigenvalue weighted by molar-refractivity contribution is 7.43. The standard InChI is InChI=1S/C9H17O6P/c1-2-3-7-9(14-16(13-7)15-9)8(4-10,5-11)6-12/h7,10-12H,2-6H2,1H3. The first-order valence-corrected chi connectivity index (χ1v) is 6.45. The summed E-state index contributed by atoms with van der Waals surface area (Å²) in [4.78, 5) is 0. The van der Waals surface area contributed by atoms with Crippen molar-refractivity contribution in [3.63, 3.8) is 0 Å². The minimum atomic E-state index is -1.34. The van der Waals surface area contributed by atoms with Gasteiger partial charge < -0.3 is 19.8 Å². The summed E-state index contributed by atoms with van der Waals surface area (Å²) in [5.74, 6) is -1.17. The zero-order valence-electron chi connectivity index (χ0n) is 9.13. The Hall–Kier alpha value is 0.190. The van der Waals surface area contributed by atoms with Gasteiger partial charge >= 0.3 is 8.60 Å².